The predicted octanol–water partition coefficient (Wildman–Crippen LogP) is 4.46. The summed E-state index contributed by atoms with van der Waals surface area (Å²) in [4.78, 5) is 26.8. The van der Waals surface area contributed by atoms with Crippen LogP contribution in [0.4, 0.5) is 5.69 Å². The number of piperidine rings is 1. The monoisotopic (exact) mass is 426 g/mol. The molecule has 148 valence electrons. The van der Waals surface area contributed by atoms with Gasteiger partial charge in [-0.15, -0.1) is 10.2 Å². The summed E-state index contributed by atoms with van der Waals surface area (Å²) in [7, 11) is 0. The molecule has 8 heteroatoms. The number of aromatic nitrogens is 2. The zero-order valence-corrected chi connectivity index (χ0v) is 17.1. The van der Waals surface area contributed by atoms with Gasteiger partial charge >= 0.3 is 0 Å². The van der Waals surface area contributed by atoms with Crippen LogP contribution in [-0.4, -0.2) is 40.0 Å². The van der Waals surface area contributed by atoms with E-state index in [0.29, 0.717) is 28.7 Å². The number of likely N-dealkylation sites (tertiary alicyclic amines) is 1. The first-order valence-electron chi connectivity index (χ1n) is 9.35. The van der Waals surface area contributed by atoms with Crippen LogP contribution in [0.2, 0.25) is 5.02 Å². The first-order chi connectivity index (χ1) is 14.1. The number of anilines is 1. The lowest BCUT2D eigenvalue weighted by Gasteiger charge is -2.31. The number of rotatable bonds is 4. The highest BCUT2D eigenvalue weighted by Gasteiger charge is 2.27. The van der Waals surface area contributed by atoms with Gasteiger partial charge in [-0.25, -0.2) is 0 Å². The molecule has 6 nitrogen and oxygen atoms in total. The lowest BCUT2D eigenvalue weighted by atomic mass is 9.97. The van der Waals surface area contributed by atoms with Crippen molar-refractivity contribution < 1.29 is 9.59 Å². The van der Waals surface area contributed by atoms with E-state index in [1.807, 2.05) is 35.2 Å². The van der Waals surface area contributed by atoms with Crippen molar-refractivity contribution in [2.75, 3.05) is 18.4 Å². The Bertz CT molecular complexity index is 999. The molecular weight excluding hydrogens is 408 g/mol. The largest absolute Gasteiger partial charge is 0.339 e. The highest BCUT2D eigenvalue weighted by Crippen LogP contribution is 2.31. The predicted molar refractivity (Wildman–Crippen MR) is 114 cm³/mol. The van der Waals surface area contributed by atoms with E-state index in [4.69, 9.17) is 11.6 Å². The quantitative estimate of drug-likeness (QED) is 0.668. The van der Waals surface area contributed by atoms with E-state index < -0.39 is 0 Å². The number of hydrogen-bond acceptors (Lipinski definition) is 5. The van der Waals surface area contributed by atoms with Crippen molar-refractivity contribution in [3.05, 3.63) is 75.2 Å². The summed E-state index contributed by atoms with van der Waals surface area (Å²) in [6, 6.07) is 16.2. The van der Waals surface area contributed by atoms with Gasteiger partial charge in [-0.3, -0.25) is 9.59 Å². The standard InChI is InChI=1S/C21H19ClN4O2S/c22-16-8-6-15(7-9-16)21(28)26-12-10-14(11-13-26)19-24-25-20(29-19)18(27)23-17-4-2-1-3-5-17/h1-9,14H,10-13H2,(H,23,27). The molecular formula is C21H19ClN4O2S. The minimum absolute atomic E-state index is 0.0142. The van der Waals surface area contributed by atoms with Crippen LogP contribution in [-0.2, 0) is 0 Å². The Hall–Kier alpha value is -2.77. The van der Waals surface area contributed by atoms with Crippen LogP contribution in [0, 0.1) is 0 Å². The van der Waals surface area contributed by atoms with Gasteiger partial charge in [0.1, 0.15) is 5.01 Å². The van der Waals surface area contributed by atoms with E-state index >= 15 is 0 Å². The molecule has 1 fully saturated rings. The normalized spacial score (nSPS) is 14.6. The van der Waals surface area contributed by atoms with Crippen LogP contribution in [0.1, 0.15) is 43.9 Å². The third-order valence-corrected chi connectivity index (χ3v) is 6.23. The second-order valence-corrected chi connectivity index (χ2v) is 8.28. The molecule has 0 bridgehead atoms. The Labute approximate surface area is 177 Å². The smallest absolute Gasteiger partial charge is 0.286 e. The molecule has 2 aromatic carbocycles. The molecule has 0 unspecified atom stereocenters. The molecule has 0 saturated carbocycles. The molecule has 1 aromatic heterocycles. The maximum absolute atomic E-state index is 12.6. The summed E-state index contributed by atoms with van der Waals surface area (Å²) in [5.41, 5.74) is 1.37. The maximum atomic E-state index is 12.6. The lowest BCUT2D eigenvalue weighted by Crippen LogP contribution is -2.37. The number of carbonyl (C=O) groups is 2. The van der Waals surface area contributed by atoms with E-state index in [1.165, 1.54) is 11.3 Å². The van der Waals surface area contributed by atoms with Crippen LogP contribution in [0.25, 0.3) is 0 Å². The van der Waals surface area contributed by atoms with Gasteiger partial charge in [0.2, 0.25) is 5.01 Å². The van der Waals surface area contributed by atoms with Gasteiger partial charge in [0.25, 0.3) is 11.8 Å². The van der Waals surface area contributed by atoms with Crippen molar-refractivity contribution in [2.45, 2.75) is 18.8 Å². The van der Waals surface area contributed by atoms with E-state index in [0.717, 1.165) is 23.5 Å². The fraction of sp³-hybridized carbons (Fsp3) is 0.238. The van der Waals surface area contributed by atoms with E-state index in [9.17, 15) is 9.59 Å². The average Bonchev–Trinajstić information content (AvgIpc) is 3.25. The van der Waals surface area contributed by atoms with E-state index in [1.54, 1.807) is 24.3 Å². The average molecular weight is 427 g/mol. The van der Waals surface area contributed by atoms with E-state index in [2.05, 4.69) is 15.5 Å². The number of carbonyl (C=O) groups excluding carboxylic acids is 2. The van der Waals surface area contributed by atoms with Gasteiger partial charge in [-0.05, 0) is 49.2 Å². The summed E-state index contributed by atoms with van der Waals surface area (Å²) in [6.45, 7) is 1.30. The molecule has 0 radical (unpaired) electrons. The molecule has 2 amide bonds. The number of nitrogens with zero attached hydrogens (tertiary/aromatic N) is 3. The Morgan fingerprint density at radius 3 is 2.38 bits per heavy atom. The topological polar surface area (TPSA) is 75.2 Å². The summed E-state index contributed by atoms with van der Waals surface area (Å²) in [6.07, 6.45) is 1.60. The third-order valence-electron chi connectivity index (χ3n) is 4.89. The van der Waals surface area contributed by atoms with Crippen LogP contribution >= 0.6 is 22.9 Å². The number of amides is 2. The molecule has 1 N–H and O–H groups in total. The first-order valence-corrected chi connectivity index (χ1v) is 10.5. The first kappa shape index (κ1) is 19.5. The molecule has 3 aromatic rings. The fourth-order valence-corrected chi connectivity index (χ4v) is 4.34. The van der Waals surface area contributed by atoms with Gasteiger partial charge in [-0.1, -0.05) is 41.1 Å². The van der Waals surface area contributed by atoms with Gasteiger partial charge in [0.05, 0.1) is 0 Å². The molecule has 0 aliphatic carbocycles. The summed E-state index contributed by atoms with van der Waals surface area (Å²) < 4.78 is 0. The zero-order chi connectivity index (χ0) is 20.2. The van der Waals surface area contributed by atoms with Gasteiger partial charge < -0.3 is 10.2 Å². The highest BCUT2D eigenvalue weighted by molar-refractivity contribution is 7.13. The van der Waals surface area contributed by atoms with Crippen molar-refractivity contribution in [1.82, 2.24) is 15.1 Å². The molecule has 1 aliphatic heterocycles. The summed E-state index contributed by atoms with van der Waals surface area (Å²) in [5, 5.41) is 12.9. The van der Waals surface area contributed by atoms with Crippen LogP contribution in [0.5, 0.6) is 0 Å². The van der Waals surface area contributed by atoms with Crippen molar-refractivity contribution in [2.24, 2.45) is 0 Å². The van der Waals surface area contributed by atoms with Gasteiger partial charge in [0.15, 0.2) is 0 Å². The zero-order valence-electron chi connectivity index (χ0n) is 15.5. The number of halogens is 1. The number of benzene rings is 2. The van der Waals surface area contributed by atoms with Crippen LogP contribution < -0.4 is 5.32 Å². The lowest BCUT2D eigenvalue weighted by molar-refractivity contribution is 0.0712. The molecule has 29 heavy (non-hydrogen) atoms. The van der Waals surface area contributed by atoms with Crippen molar-refractivity contribution >= 4 is 40.4 Å². The summed E-state index contributed by atoms with van der Waals surface area (Å²) >= 11 is 7.22. The van der Waals surface area contributed by atoms with Gasteiger partial charge in [0, 0.05) is 35.3 Å². The fourth-order valence-electron chi connectivity index (χ4n) is 3.30. The SMILES string of the molecule is O=C(Nc1ccccc1)c1nnc(C2CCN(C(=O)c3ccc(Cl)cc3)CC2)s1. The minimum atomic E-state index is -0.254. The molecule has 0 spiro atoms. The number of para-hydroxylation sites is 1. The van der Waals surface area contributed by atoms with E-state index in [-0.39, 0.29) is 17.7 Å². The molecule has 4 rings (SSSR count). The van der Waals surface area contributed by atoms with Gasteiger partial charge in [-0.2, -0.15) is 0 Å². The number of nitrogens with one attached hydrogen (secondary N) is 1. The Kier molecular flexibility index (Phi) is 5.87. The van der Waals surface area contributed by atoms with Crippen LogP contribution in [0.15, 0.2) is 54.6 Å². The number of hydrogen-bond donors (Lipinski definition) is 1. The van der Waals surface area contributed by atoms with Crippen molar-refractivity contribution in [1.29, 1.82) is 0 Å². The molecule has 1 saturated heterocycles. The Balaban J connectivity index is 1.35. The Morgan fingerprint density at radius 1 is 1.00 bits per heavy atom. The third kappa shape index (κ3) is 4.63. The second kappa shape index (κ2) is 8.71. The van der Waals surface area contributed by atoms with Crippen molar-refractivity contribution in [3.8, 4) is 0 Å². The highest BCUT2D eigenvalue weighted by atomic mass is 35.5. The minimum Gasteiger partial charge on any atom is -0.339 e. The second-order valence-electron chi connectivity index (χ2n) is 6.84. The molecule has 2 heterocycles. The van der Waals surface area contributed by atoms with Crippen LogP contribution in [0.3, 0.4) is 0 Å². The maximum Gasteiger partial charge on any atom is 0.286 e. The van der Waals surface area contributed by atoms with Crippen molar-refractivity contribution in [3.63, 3.8) is 0 Å². The Morgan fingerprint density at radius 2 is 1.69 bits per heavy atom. The summed E-state index contributed by atoms with van der Waals surface area (Å²) in [5.74, 6) is -0.0318. The molecule has 0 atom stereocenters. The molecule has 1 aliphatic rings.